The standard InChI is InChI=1S/C17H15F3N4O6/c1-30-15(25)7-8-22(12-5-3-2-4-6-12)21-16-13(23(26)27)9-11(17(18,19)20)10-14(16)24(28)29/h2-6,9-10,21H,7-8H2,1H3. The van der Waals surface area contributed by atoms with Crippen LogP contribution < -0.4 is 10.4 Å². The summed E-state index contributed by atoms with van der Waals surface area (Å²) in [6.45, 7) is -0.147. The molecule has 0 bridgehead atoms. The Labute approximate surface area is 167 Å². The second-order valence-corrected chi connectivity index (χ2v) is 5.83. The first kappa shape index (κ1) is 22.4. The van der Waals surface area contributed by atoms with Gasteiger partial charge in [-0.25, -0.2) is 0 Å². The summed E-state index contributed by atoms with van der Waals surface area (Å²) in [4.78, 5) is 31.9. The lowest BCUT2D eigenvalue weighted by molar-refractivity contribution is -0.392. The summed E-state index contributed by atoms with van der Waals surface area (Å²) < 4.78 is 43.7. The number of rotatable bonds is 8. The van der Waals surface area contributed by atoms with Gasteiger partial charge in [0.15, 0.2) is 0 Å². The molecular formula is C17H15F3N4O6. The lowest BCUT2D eigenvalue weighted by atomic mass is 10.1. The Kier molecular flexibility index (Phi) is 6.77. The van der Waals surface area contributed by atoms with E-state index < -0.39 is 44.6 Å². The molecule has 0 aliphatic heterocycles. The number of nitro benzene ring substituents is 2. The molecule has 2 aromatic rings. The van der Waals surface area contributed by atoms with E-state index in [4.69, 9.17) is 0 Å². The normalized spacial score (nSPS) is 10.9. The van der Waals surface area contributed by atoms with E-state index in [1.807, 2.05) is 0 Å². The second kappa shape index (κ2) is 9.07. The highest BCUT2D eigenvalue weighted by atomic mass is 19.4. The van der Waals surface area contributed by atoms with E-state index in [0.717, 1.165) is 7.11 Å². The first-order chi connectivity index (χ1) is 14.0. The van der Waals surface area contributed by atoms with Crippen LogP contribution in [0.2, 0.25) is 0 Å². The van der Waals surface area contributed by atoms with Crippen molar-refractivity contribution in [3.05, 3.63) is 68.3 Å². The molecule has 0 aliphatic carbocycles. The number of hydrogen-bond donors (Lipinski definition) is 1. The minimum absolute atomic E-state index is 0.147. The molecule has 2 rings (SSSR count). The predicted octanol–water partition coefficient (Wildman–Crippen LogP) is 3.92. The molecule has 1 N–H and O–H groups in total. The van der Waals surface area contributed by atoms with E-state index in [0.29, 0.717) is 5.69 Å². The van der Waals surface area contributed by atoms with Gasteiger partial charge in [0.05, 0.1) is 34.6 Å². The summed E-state index contributed by atoms with van der Waals surface area (Å²) in [5, 5.41) is 23.9. The Bertz CT molecular complexity index is 917. The average Bonchev–Trinajstić information content (AvgIpc) is 2.69. The van der Waals surface area contributed by atoms with Crippen LogP contribution in [0.4, 0.5) is 35.9 Å². The molecule has 0 aromatic heterocycles. The van der Waals surface area contributed by atoms with Crippen LogP contribution >= 0.6 is 0 Å². The number of hydrazine groups is 1. The summed E-state index contributed by atoms with van der Waals surface area (Å²) in [6.07, 6.45) is -5.24. The average molecular weight is 428 g/mol. The summed E-state index contributed by atoms with van der Waals surface area (Å²) >= 11 is 0. The largest absolute Gasteiger partial charge is 0.469 e. The number of esters is 1. The lowest BCUT2D eigenvalue weighted by Gasteiger charge is -2.26. The number of alkyl halides is 3. The molecule has 0 spiro atoms. The molecule has 0 radical (unpaired) electrons. The van der Waals surface area contributed by atoms with Crippen LogP contribution in [0.1, 0.15) is 12.0 Å². The van der Waals surface area contributed by atoms with E-state index in [9.17, 15) is 38.2 Å². The molecule has 13 heteroatoms. The topological polar surface area (TPSA) is 128 Å². The third-order valence-electron chi connectivity index (χ3n) is 3.90. The van der Waals surface area contributed by atoms with Crippen molar-refractivity contribution < 1.29 is 32.5 Å². The zero-order valence-corrected chi connectivity index (χ0v) is 15.4. The number of hydrogen-bond acceptors (Lipinski definition) is 8. The summed E-state index contributed by atoms with van der Waals surface area (Å²) in [7, 11) is 1.15. The number of halogens is 3. The van der Waals surface area contributed by atoms with E-state index in [2.05, 4.69) is 10.2 Å². The van der Waals surface area contributed by atoms with Crippen LogP contribution in [0.25, 0.3) is 0 Å². The van der Waals surface area contributed by atoms with Crippen molar-refractivity contribution >= 4 is 28.7 Å². The Morgan fingerprint density at radius 2 is 1.63 bits per heavy atom. The Morgan fingerprint density at radius 3 is 2.07 bits per heavy atom. The number of nitro groups is 2. The number of methoxy groups -OCH3 is 1. The molecule has 0 fully saturated rings. The van der Waals surface area contributed by atoms with Gasteiger partial charge in [-0.1, -0.05) is 18.2 Å². The van der Waals surface area contributed by atoms with Crippen molar-refractivity contribution in [1.29, 1.82) is 0 Å². The van der Waals surface area contributed by atoms with E-state index in [1.54, 1.807) is 18.2 Å². The van der Waals surface area contributed by atoms with E-state index in [-0.39, 0.29) is 25.1 Å². The molecule has 10 nitrogen and oxygen atoms in total. The highest BCUT2D eigenvalue weighted by Crippen LogP contribution is 2.41. The number of nitrogens with zero attached hydrogens (tertiary/aromatic N) is 3. The third-order valence-corrected chi connectivity index (χ3v) is 3.90. The van der Waals surface area contributed by atoms with Gasteiger partial charge in [0.1, 0.15) is 0 Å². The van der Waals surface area contributed by atoms with Gasteiger partial charge in [-0.2, -0.15) is 13.2 Å². The Morgan fingerprint density at radius 1 is 1.10 bits per heavy atom. The molecule has 0 saturated carbocycles. The van der Waals surface area contributed by atoms with Gasteiger partial charge >= 0.3 is 23.5 Å². The van der Waals surface area contributed by atoms with Crippen molar-refractivity contribution in [2.24, 2.45) is 0 Å². The maximum atomic E-state index is 13.1. The Hall–Kier alpha value is -3.90. The van der Waals surface area contributed by atoms with Crippen LogP contribution in [0.15, 0.2) is 42.5 Å². The number of carbonyl (C=O) groups is 1. The molecule has 0 heterocycles. The van der Waals surface area contributed by atoms with Gasteiger partial charge in [0.2, 0.25) is 5.69 Å². The molecule has 0 atom stereocenters. The zero-order valence-electron chi connectivity index (χ0n) is 15.4. The monoisotopic (exact) mass is 428 g/mol. The number of nitrogens with one attached hydrogen (secondary N) is 1. The van der Waals surface area contributed by atoms with Gasteiger partial charge < -0.3 is 4.74 Å². The zero-order chi connectivity index (χ0) is 22.5. The van der Waals surface area contributed by atoms with Gasteiger partial charge in [0, 0.05) is 18.7 Å². The SMILES string of the molecule is COC(=O)CCN(Nc1c([N+](=O)[O-])cc(C(F)(F)F)cc1[N+](=O)[O-])c1ccccc1. The highest BCUT2D eigenvalue weighted by molar-refractivity contribution is 5.77. The van der Waals surface area contributed by atoms with E-state index >= 15 is 0 Å². The predicted molar refractivity (Wildman–Crippen MR) is 98.8 cm³/mol. The number of ether oxygens (including phenoxy) is 1. The molecular weight excluding hydrogens is 413 g/mol. The number of benzene rings is 2. The van der Waals surface area contributed by atoms with Crippen molar-refractivity contribution in [2.45, 2.75) is 12.6 Å². The van der Waals surface area contributed by atoms with Crippen LogP contribution in [-0.2, 0) is 15.7 Å². The van der Waals surface area contributed by atoms with Gasteiger partial charge in [-0.15, -0.1) is 0 Å². The van der Waals surface area contributed by atoms with Crippen LogP contribution in [0.5, 0.6) is 0 Å². The van der Waals surface area contributed by atoms with Crippen molar-refractivity contribution in [3.8, 4) is 0 Å². The molecule has 0 unspecified atom stereocenters. The van der Waals surface area contributed by atoms with Crippen molar-refractivity contribution in [1.82, 2.24) is 0 Å². The van der Waals surface area contributed by atoms with Crippen molar-refractivity contribution in [2.75, 3.05) is 24.1 Å². The third kappa shape index (κ3) is 5.33. The van der Waals surface area contributed by atoms with Crippen LogP contribution in [0.3, 0.4) is 0 Å². The highest BCUT2D eigenvalue weighted by Gasteiger charge is 2.38. The Balaban J connectivity index is 2.58. The number of para-hydroxylation sites is 1. The van der Waals surface area contributed by atoms with Gasteiger partial charge in [-0.3, -0.25) is 35.5 Å². The summed E-state index contributed by atoms with van der Waals surface area (Å²) in [6, 6.07) is 8.33. The molecule has 160 valence electrons. The van der Waals surface area contributed by atoms with Gasteiger partial charge in [-0.05, 0) is 12.1 Å². The maximum Gasteiger partial charge on any atom is 0.416 e. The minimum Gasteiger partial charge on any atom is -0.469 e. The number of carbonyl (C=O) groups excluding carboxylic acids is 1. The minimum atomic E-state index is -5.03. The van der Waals surface area contributed by atoms with Crippen LogP contribution in [-0.4, -0.2) is 29.5 Å². The van der Waals surface area contributed by atoms with Crippen LogP contribution in [0, 0.1) is 20.2 Å². The summed E-state index contributed by atoms with van der Waals surface area (Å²) in [5.74, 6) is -0.630. The molecule has 2 aromatic carbocycles. The van der Waals surface area contributed by atoms with Gasteiger partial charge in [0.25, 0.3) is 0 Å². The first-order valence-electron chi connectivity index (χ1n) is 8.24. The summed E-state index contributed by atoms with van der Waals surface area (Å²) in [5.41, 5.74) is -1.80. The lowest BCUT2D eigenvalue weighted by Crippen LogP contribution is -2.33. The number of anilines is 2. The van der Waals surface area contributed by atoms with Crippen molar-refractivity contribution in [3.63, 3.8) is 0 Å². The molecule has 30 heavy (non-hydrogen) atoms. The molecule has 0 aliphatic rings. The molecule has 0 saturated heterocycles. The molecule has 0 amide bonds. The second-order valence-electron chi connectivity index (χ2n) is 5.83. The fourth-order valence-electron chi connectivity index (χ4n) is 2.48. The quantitative estimate of drug-likeness (QED) is 0.381. The maximum absolute atomic E-state index is 13.1. The smallest absolute Gasteiger partial charge is 0.416 e. The first-order valence-corrected chi connectivity index (χ1v) is 8.24. The fourth-order valence-corrected chi connectivity index (χ4v) is 2.48. The van der Waals surface area contributed by atoms with E-state index in [1.165, 1.54) is 17.1 Å². The fraction of sp³-hybridized carbons (Fsp3) is 0.235.